The SMILES string of the molecule is CC(C)Cn1ncc(NCCC2CCNC2)c(Cl)c1=O. The summed E-state index contributed by atoms with van der Waals surface area (Å²) in [6.07, 6.45) is 3.96. The first kappa shape index (κ1) is 15.3. The molecule has 1 saturated heterocycles. The van der Waals surface area contributed by atoms with Crippen LogP contribution in [0, 0.1) is 11.8 Å². The molecule has 0 bridgehead atoms. The van der Waals surface area contributed by atoms with Gasteiger partial charge in [0.2, 0.25) is 0 Å². The van der Waals surface area contributed by atoms with Gasteiger partial charge in [0.05, 0.1) is 11.9 Å². The Hall–Kier alpha value is -1.07. The van der Waals surface area contributed by atoms with Crippen molar-refractivity contribution in [2.45, 2.75) is 33.2 Å². The summed E-state index contributed by atoms with van der Waals surface area (Å²) in [5, 5.41) is 11.0. The summed E-state index contributed by atoms with van der Waals surface area (Å²) in [5.74, 6) is 1.08. The number of hydrogen-bond donors (Lipinski definition) is 2. The van der Waals surface area contributed by atoms with E-state index in [-0.39, 0.29) is 10.6 Å². The van der Waals surface area contributed by atoms with Gasteiger partial charge in [-0.1, -0.05) is 25.4 Å². The predicted molar refractivity (Wildman–Crippen MR) is 82.4 cm³/mol. The second-order valence-corrected chi connectivity index (χ2v) is 6.21. The summed E-state index contributed by atoms with van der Waals surface area (Å²) in [7, 11) is 0. The molecule has 0 aromatic carbocycles. The number of rotatable bonds is 6. The predicted octanol–water partition coefficient (Wildman–Crippen LogP) is 1.96. The normalized spacial score (nSPS) is 18.7. The molecule has 5 nitrogen and oxygen atoms in total. The minimum atomic E-state index is -0.215. The Morgan fingerprint density at radius 1 is 1.60 bits per heavy atom. The molecule has 1 aromatic heterocycles. The second kappa shape index (κ2) is 7.09. The van der Waals surface area contributed by atoms with Crippen molar-refractivity contribution in [2.24, 2.45) is 11.8 Å². The van der Waals surface area contributed by atoms with Crippen molar-refractivity contribution in [3.63, 3.8) is 0 Å². The molecule has 0 radical (unpaired) electrons. The molecular weight excluding hydrogens is 276 g/mol. The maximum absolute atomic E-state index is 12.1. The molecule has 1 unspecified atom stereocenters. The molecule has 0 amide bonds. The van der Waals surface area contributed by atoms with Crippen LogP contribution in [-0.2, 0) is 6.54 Å². The van der Waals surface area contributed by atoms with Gasteiger partial charge in [0.25, 0.3) is 5.56 Å². The fraction of sp³-hybridized carbons (Fsp3) is 0.714. The lowest BCUT2D eigenvalue weighted by molar-refractivity contribution is 0.464. The lowest BCUT2D eigenvalue weighted by Crippen LogP contribution is -2.26. The van der Waals surface area contributed by atoms with Crippen LogP contribution in [0.2, 0.25) is 5.02 Å². The highest BCUT2D eigenvalue weighted by molar-refractivity contribution is 6.32. The zero-order valence-corrected chi connectivity index (χ0v) is 12.9. The molecule has 2 N–H and O–H groups in total. The summed E-state index contributed by atoms with van der Waals surface area (Å²) >= 11 is 6.13. The summed E-state index contributed by atoms with van der Waals surface area (Å²) < 4.78 is 1.43. The molecule has 1 aliphatic rings. The van der Waals surface area contributed by atoms with Crippen LogP contribution in [0.25, 0.3) is 0 Å². The monoisotopic (exact) mass is 298 g/mol. The summed E-state index contributed by atoms with van der Waals surface area (Å²) in [6.45, 7) is 7.70. The van der Waals surface area contributed by atoms with E-state index in [1.54, 1.807) is 6.20 Å². The Kier molecular flexibility index (Phi) is 5.43. The van der Waals surface area contributed by atoms with Crippen molar-refractivity contribution in [2.75, 3.05) is 25.0 Å². The average molecular weight is 299 g/mol. The number of hydrogen-bond acceptors (Lipinski definition) is 4. The van der Waals surface area contributed by atoms with Gasteiger partial charge in [-0.15, -0.1) is 0 Å². The van der Waals surface area contributed by atoms with Crippen molar-refractivity contribution in [1.82, 2.24) is 15.1 Å². The number of halogens is 1. The Morgan fingerprint density at radius 2 is 2.40 bits per heavy atom. The summed E-state index contributed by atoms with van der Waals surface area (Å²) in [4.78, 5) is 12.1. The van der Waals surface area contributed by atoms with Gasteiger partial charge in [-0.3, -0.25) is 4.79 Å². The van der Waals surface area contributed by atoms with E-state index in [9.17, 15) is 4.79 Å². The number of aromatic nitrogens is 2. The molecule has 0 saturated carbocycles. The summed E-state index contributed by atoms with van der Waals surface area (Å²) in [6, 6.07) is 0. The fourth-order valence-electron chi connectivity index (χ4n) is 2.44. The van der Waals surface area contributed by atoms with E-state index >= 15 is 0 Å². The van der Waals surface area contributed by atoms with Crippen molar-refractivity contribution in [3.8, 4) is 0 Å². The Bertz CT molecular complexity index is 494. The molecule has 112 valence electrons. The van der Waals surface area contributed by atoms with Crippen LogP contribution in [0.3, 0.4) is 0 Å². The Morgan fingerprint density at radius 3 is 3.05 bits per heavy atom. The van der Waals surface area contributed by atoms with Crippen molar-refractivity contribution >= 4 is 17.3 Å². The maximum atomic E-state index is 12.1. The van der Waals surface area contributed by atoms with Crippen molar-refractivity contribution in [1.29, 1.82) is 0 Å². The second-order valence-electron chi connectivity index (χ2n) is 5.83. The van der Waals surface area contributed by atoms with Crippen LogP contribution in [0.15, 0.2) is 11.0 Å². The first-order valence-corrected chi connectivity index (χ1v) is 7.66. The highest BCUT2D eigenvalue weighted by atomic mass is 35.5. The third-order valence-corrected chi connectivity index (χ3v) is 3.92. The molecule has 1 atom stereocenters. The van der Waals surface area contributed by atoms with E-state index in [1.807, 2.05) is 13.8 Å². The highest BCUT2D eigenvalue weighted by Gasteiger charge is 2.14. The molecule has 1 fully saturated rings. The van der Waals surface area contributed by atoms with Gasteiger partial charge >= 0.3 is 0 Å². The van der Waals surface area contributed by atoms with Gasteiger partial charge < -0.3 is 10.6 Å². The maximum Gasteiger partial charge on any atom is 0.287 e. The lowest BCUT2D eigenvalue weighted by atomic mass is 10.1. The van der Waals surface area contributed by atoms with Crippen LogP contribution in [0.1, 0.15) is 26.7 Å². The van der Waals surface area contributed by atoms with Crippen LogP contribution >= 0.6 is 11.6 Å². The molecule has 20 heavy (non-hydrogen) atoms. The molecule has 2 rings (SSSR count). The molecule has 0 spiro atoms. The van der Waals surface area contributed by atoms with Crippen LogP contribution < -0.4 is 16.2 Å². The Balaban J connectivity index is 1.94. The molecule has 0 aliphatic carbocycles. The van der Waals surface area contributed by atoms with E-state index in [4.69, 9.17) is 11.6 Å². The zero-order valence-electron chi connectivity index (χ0n) is 12.2. The first-order valence-electron chi connectivity index (χ1n) is 7.28. The fourth-order valence-corrected chi connectivity index (χ4v) is 2.65. The quantitative estimate of drug-likeness (QED) is 0.843. The smallest absolute Gasteiger partial charge is 0.287 e. The largest absolute Gasteiger partial charge is 0.382 e. The van der Waals surface area contributed by atoms with Gasteiger partial charge in [0, 0.05) is 13.1 Å². The van der Waals surface area contributed by atoms with Crippen molar-refractivity contribution < 1.29 is 0 Å². The van der Waals surface area contributed by atoms with Gasteiger partial charge in [-0.25, -0.2) is 4.68 Å². The van der Waals surface area contributed by atoms with Gasteiger partial charge in [0.1, 0.15) is 5.02 Å². The third-order valence-electron chi connectivity index (χ3n) is 3.55. The Labute approximate surface area is 124 Å². The minimum Gasteiger partial charge on any atom is -0.382 e. The molecule has 1 aliphatic heterocycles. The van der Waals surface area contributed by atoms with Crippen LogP contribution in [-0.4, -0.2) is 29.4 Å². The van der Waals surface area contributed by atoms with Gasteiger partial charge in [-0.05, 0) is 37.8 Å². The third kappa shape index (κ3) is 3.96. The zero-order chi connectivity index (χ0) is 14.5. The van der Waals surface area contributed by atoms with Crippen LogP contribution in [0.5, 0.6) is 0 Å². The first-order chi connectivity index (χ1) is 9.58. The van der Waals surface area contributed by atoms with Crippen molar-refractivity contribution in [3.05, 3.63) is 21.6 Å². The topological polar surface area (TPSA) is 59.0 Å². The molecular formula is C14H23ClN4O. The number of nitrogens with one attached hydrogen (secondary N) is 2. The van der Waals surface area contributed by atoms with Crippen LogP contribution in [0.4, 0.5) is 5.69 Å². The van der Waals surface area contributed by atoms with E-state index < -0.39 is 0 Å². The molecule has 2 heterocycles. The summed E-state index contributed by atoms with van der Waals surface area (Å²) in [5.41, 5.74) is 0.426. The minimum absolute atomic E-state index is 0.215. The van der Waals surface area contributed by atoms with Gasteiger partial charge in [-0.2, -0.15) is 5.10 Å². The number of anilines is 1. The average Bonchev–Trinajstić information content (AvgIpc) is 2.90. The van der Waals surface area contributed by atoms with Gasteiger partial charge in [0.15, 0.2) is 0 Å². The standard InChI is InChI=1S/C14H23ClN4O/c1-10(2)9-19-14(20)13(15)12(8-18-19)17-6-4-11-3-5-16-7-11/h8,10-11,16-17H,3-7,9H2,1-2H3. The highest BCUT2D eigenvalue weighted by Crippen LogP contribution is 2.17. The van der Waals surface area contributed by atoms with E-state index in [1.165, 1.54) is 11.1 Å². The molecule has 6 heteroatoms. The van der Waals surface area contributed by atoms with E-state index in [0.717, 1.165) is 32.0 Å². The van der Waals surface area contributed by atoms with E-state index in [0.29, 0.717) is 18.2 Å². The lowest BCUT2D eigenvalue weighted by Gasteiger charge is -2.13. The van der Waals surface area contributed by atoms with E-state index in [2.05, 4.69) is 15.7 Å². The number of nitrogens with zero attached hydrogens (tertiary/aromatic N) is 2. The molecule has 1 aromatic rings.